The first-order valence-electron chi connectivity index (χ1n) is 8.84. The van der Waals surface area contributed by atoms with Gasteiger partial charge in [0.25, 0.3) is 0 Å². The average molecular weight is 437 g/mol. The van der Waals surface area contributed by atoms with E-state index in [4.69, 9.17) is 4.18 Å². The molecule has 1 aromatic carbocycles. The van der Waals surface area contributed by atoms with Crippen molar-refractivity contribution in [2.45, 2.75) is 24.8 Å². The number of benzene rings is 1. The molecule has 1 saturated carbocycles. The Bertz CT molecular complexity index is 841. The molecule has 29 heavy (non-hydrogen) atoms. The van der Waals surface area contributed by atoms with Crippen molar-refractivity contribution < 1.29 is 23.1 Å². The molecule has 156 valence electrons. The van der Waals surface area contributed by atoms with Gasteiger partial charge in [-0.05, 0) is 31.1 Å². The predicted octanol–water partition coefficient (Wildman–Crippen LogP) is 2.93. The number of nitrogens with zero attached hydrogens (tertiary/aromatic N) is 1. The van der Waals surface area contributed by atoms with Crippen LogP contribution in [0.2, 0.25) is 0 Å². The highest BCUT2D eigenvalue weighted by atomic mass is 32.2. The molecule has 0 aromatic heterocycles. The Morgan fingerprint density at radius 1 is 1.45 bits per heavy atom. The zero-order chi connectivity index (χ0) is 21.4. The number of carbonyl (C=O) groups is 2. The van der Waals surface area contributed by atoms with Crippen molar-refractivity contribution in [3.05, 3.63) is 71.7 Å². The van der Waals surface area contributed by atoms with Gasteiger partial charge in [-0.1, -0.05) is 49.1 Å². The first kappa shape index (κ1) is 23.1. The summed E-state index contributed by atoms with van der Waals surface area (Å²) in [4.78, 5) is 25.1. The highest BCUT2D eigenvalue weighted by Crippen LogP contribution is 2.56. The number of allylic oxidation sites excluding steroid dienone is 4. The maximum Gasteiger partial charge on any atom is 0.325 e. The lowest BCUT2D eigenvalue weighted by Gasteiger charge is -2.28. The van der Waals surface area contributed by atoms with Crippen LogP contribution in [0.3, 0.4) is 0 Å². The predicted molar refractivity (Wildman–Crippen MR) is 115 cm³/mol. The van der Waals surface area contributed by atoms with Crippen molar-refractivity contribution in [2.24, 2.45) is 0 Å². The molecular weight excluding hydrogens is 412 g/mol. The normalized spacial score (nSPS) is 22.4. The Morgan fingerprint density at radius 2 is 2.14 bits per heavy atom. The zero-order valence-electron chi connectivity index (χ0n) is 16.2. The van der Waals surface area contributed by atoms with Crippen LogP contribution in [0.4, 0.5) is 0 Å². The monoisotopic (exact) mass is 436 g/mol. The van der Waals surface area contributed by atoms with Gasteiger partial charge >= 0.3 is 5.97 Å². The summed E-state index contributed by atoms with van der Waals surface area (Å²) >= 11 is 0.718. The van der Waals surface area contributed by atoms with Gasteiger partial charge in [0.05, 0.1) is 18.6 Å². The second-order valence-electron chi connectivity index (χ2n) is 6.26. The fourth-order valence-corrected chi connectivity index (χ4v) is 4.90. The van der Waals surface area contributed by atoms with E-state index in [1.54, 1.807) is 25.2 Å². The van der Waals surface area contributed by atoms with Gasteiger partial charge in [0.15, 0.2) is 0 Å². The molecule has 3 atom stereocenters. The number of hydrogen-bond donors (Lipinski definition) is 2. The van der Waals surface area contributed by atoms with Gasteiger partial charge in [-0.3, -0.25) is 14.3 Å². The smallest absolute Gasteiger partial charge is 0.325 e. The van der Waals surface area contributed by atoms with Crippen molar-refractivity contribution in [3.63, 3.8) is 0 Å². The fourth-order valence-electron chi connectivity index (χ4n) is 3.13. The number of amides is 1. The second kappa shape index (κ2) is 10.5. The lowest BCUT2D eigenvalue weighted by atomic mass is 10.1. The summed E-state index contributed by atoms with van der Waals surface area (Å²) in [5.74, 6) is -2.02. The minimum Gasteiger partial charge on any atom is -0.480 e. The van der Waals surface area contributed by atoms with Crippen LogP contribution >= 0.6 is 12.2 Å². The molecule has 2 N–H and O–H groups in total. The molecule has 7 nitrogen and oxygen atoms in total. The fraction of sp³-hybridized carbons (Fsp3) is 0.300. The van der Waals surface area contributed by atoms with E-state index in [2.05, 4.69) is 11.3 Å². The molecule has 1 fully saturated rings. The molecule has 0 bridgehead atoms. The largest absolute Gasteiger partial charge is 0.480 e. The van der Waals surface area contributed by atoms with Gasteiger partial charge in [0.2, 0.25) is 5.91 Å². The van der Waals surface area contributed by atoms with Crippen molar-refractivity contribution in [1.82, 2.24) is 9.03 Å². The molecule has 0 spiro atoms. The Kier molecular flexibility index (Phi) is 8.39. The second-order valence-corrected chi connectivity index (χ2v) is 8.38. The van der Waals surface area contributed by atoms with Crippen LogP contribution in [0.5, 0.6) is 0 Å². The van der Waals surface area contributed by atoms with E-state index in [0.717, 1.165) is 17.8 Å². The average Bonchev–Trinajstić information content (AvgIpc) is 3.47. The summed E-state index contributed by atoms with van der Waals surface area (Å²) < 4.78 is 21.8. The van der Waals surface area contributed by atoms with Gasteiger partial charge in [0, 0.05) is 5.92 Å². The zero-order valence-corrected chi connectivity index (χ0v) is 17.9. The maximum atomic E-state index is 13.4. The number of aliphatic carboxylic acids is 1. The molecule has 1 aromatic rings. The molecule has 9 heteroatoms. The van der Waals surface area contributed by atoms with Crippen LogP contribution in [-0.4, -0.2) is 44.7 Å². The Balaban J connectivity index is 2.45. The molecular formula is C20H24N2O5S2. The number of carbonyl (C=O) groups excluding carboxylic acids is 1. The summed E-state index contributed by atoms with van der Waals surface area (Å²) in [5, 5.41) is 10.1. The van der Waals surface area contributed by atoms with E-state index in [9.17, 15) is 18.9 Å². The lowest BCUT2D eigenvalue weighted by Crippen LogP contribution is -2.50. The highest BCUT2D eigenvalue weighted by molar-refractivity contribution is 7.93. The molecule has 1 aliphatic carbocycles. The minimum absolute atomic E-state index is 0.250. The number of carboxylic acids is 1. The first-order chi connectivity index (χ1) is 13.9. The number of hydrogen-bond acceptors (Lipinski definition) is 5. The molecule has 2 rings (SSSR count). The van der Waals surface area contributed by atoms with Crippen molar-refractivity contribution >= 4 is 35.1 Å². The van der Waals surface area contributed by atoms with Crippen LogP contribution < -0.4 is 4.72 Å². The number of rotatable bonds is 11. The third-order valence-electron chi connectivity index (χ3n) is 4.49. The lowest BCUT2D eigenvalue weighted by molar-refractivity contribution is -0.143. The van der Waals surface area contributed by atoms with Crippen LogP contribution in [0.15, 0.2) is 66.1 Å². The summed E-state index contributed by atoms with van der Waals surface area (Å²) in [6.07, 6.45) is 6.57. The van der Waals surface area contributed by atoms with E-state index in [0.29, 0.717) is 4.91 Å². The van der Waals surface area contributed by atoms with E-state index in [1.165, 1.54) is 17.5 Å². The quantitative estimate of drug-likeness (QED) is 0.315. The van der Waals surface area contributed by atoms with Crippen LogP contribution in [0, 0.1) is 0 Å². The van der Waals surface area contributed by atoms with Gasteiger partial charge in [-0.2, -0.15) is 4.31 Å². The van der Waals surface area contributed by atoms with E-state index < -0.39 is 28.4 Å². The Labute approximate surface area is 177 Å². The van der Waals surface area contributed by atoms with Gasteiger partial charge in [-0.15, -0.1) is 0 Å². The summed E-state index contributed by atoms with van der Waals surface area (Å²) in [6, 6.07) is 9.17. The Hall–Kier alpha value is -2.20. The van der Waals surface area contributed by atoms with Gasteiger partial charge in [0.1, 0.15) is 28.8 Å². The molecule has 3 unspecified atom stereocenters. The molecule has 0 saturated heterocycles. The third-order valence-corrected chi connectivity index (χ3v) is 6.50. The third kappa shape index (κ3) is 5.24. The van der Waals surface area contributed by atoms with Gasteiger partial charge in [-0.25, -0.2) is 4.21 Å². The highest BCUT2D eigenvalue weighted by Gasteiger charge is 2.66. The molecule has 1 amide bonds. The Morgan fingerprint density at radius 3 is 2.69 bits per heavy atom. The molecule has 0 radical (unpaired) electrons. The van der Waals surface area contributed by atoms with Gasteiger partial charge < -0.3 is 9.29 Å². The molecule has 0 aliphatic heterocycles. The van der Waals surface area contributed by atoms with E-state index in [-0.39, 0.29) is 18.9 Å². The topological polar surface area (TPSA) is 95.9 Å². The molecule has 1 aliphatic rings. The maximum absolute atomic E-state index is 13.4. The first-order valence-corrected chi connectivity index (χ1v) is 10.7. The van der Waals surface area contributed by atoms with Crippen LogP contribution in [0.1, 0.15) is 24.8 Å². The SMILES string of the molecule is C=C/C=C(\C=C/C)S(=O)N(CC(=O)NSOC)C1(C(=O)O)CC1c1ccccc1. The minimum atomic E-state index is -1.90. The van der Waals surface area contributed by atoms with E-state index >= 15 is 0 Å². The van der Waals surface area contributed by atoms with Crippen molar-refractivity contribution in [1.29, 1.82) is 0 Å². The molecule has 0 heterocycles. The van der Waals surface area contributed by atoms with Crippen molar-refractivity contribution in [3.8, 4) is 0 Å². The van der Waals surface area contributed by atoms with Crippen LogP contribution in [-0.2, 0) is 24.8 Å². The number of carboxylic acid groups (broad SMARTS) is 1. The van der Waals surface area contributed by atoms with Crippen molar-refractivity contribution in [2.75, 3.05) is 13.7 Å². The summed E-state index contributed by atoms with van der Waals surface area (Å²) in [5.41, 5.74) is -0.632. The number of nitrogens with one attached hydrogen (secondary N) is 1. The summed E-state index contributed by atoms with van der Waals surface area (Å²) in [6.45, 7) is 5.01. The van der Waals surface area contributed by atoms with E-state index in [1.807, 2.05) is 30.3 Å². The standard InChI is InChI=1S/C20H24N2O5S2/c1-4-9-16(10-5-2)29(26)22(14-18(23)21-28-27-3)20(19(24)25)13-17(20)15-11-7-6-8-12-15/h4-12,17H,1,13-14H2,2-3H3,(H,21,23)(H,24,25)/b10-5-,16-9+. The summed E-state index contributed by atoms with van der Waals surface area (Å²) in [7, 11) is -0.507. The van der Waals surface area contributed by atoms with Crippen LogP contribution in [0.25, 0.3) is 0 Å².